The lowest BCUT2D eigenvalue weighted by molar-refractivity contribution is -0.00360. The maximum atomic E-state index is 12.4. The fourth-order valence-electron chi connectivity index (χ4n) is 3.68. The summed E-state index contributed by atoms with van der Waals surface area (Å²) in [4.78, 5) is 13.9. The smallest absolute Gasteiger partial charge is 0.320 e. The maximum Gasteiger partial charge on any atom is 0.320 e. The summed E-state index contributed by atoms with van der Waals surface area (Å²) in [5.41, 5.74) is 2.61. The van der Waals surface area contributed by atoms with Gasteiger partial charge in [-0.25, -0.2) is 4.79 Å². The van der Waals surface area contributed by atoms with E-state index in [0.29, 0.717) is 6.54 Å². The Morgan fingerprint density at radius 2 is 1.86 bits per heavy atom. The average Bonchev–Trinajstić information content (AvgIpc) is 3.03. The number of urea groups is 1. The van der Waals surface area contributed by atoms with Gasteiger partial charge in [0.15, 0.2) is 6.23 Å². The Bertz CT molecular complexity index is 716. The molecule has 0 aromatic heterocycles. The van der Waals surface area contributed by atoms with Gasteiger partial charge in [0.2, 0.25) is 0 Å². The highest BCUT2D eigenvalue weighted by Crippen LogP contribution is 2.43. The number of nitrogens with one attached hydrogen (secondary N) is 1. The summed E-state index contributed by atoms with van der Waals surface area (Å²) < 4.78 is 0. The van der Waals surface area contributed by atoms with Gasteiger partial charge in [0.25, 0.3) is 0 Å². The van der Waals surface area contributed by atoms with E-state index in [2.05, 4.69) is 11.4 Å². The molecular weight excluding hydrogens is 276 g/mol. The molecule has 4 heteroatoms. The van der Waals surface area contributed by atoms with Crippen LogP contribution in [0.5, 0.6) is 0 Å². The number of nitrogens with zero attached hydrogens (tertiary/aromatic N) is 1. The molecule has 22 heavy (non-hydrogen) atoms. The van der Waals surface area contributed by atoms with Gasteiger partial charge in [-0.1, -0.05) is 54.6 Å². The summed E-state index contributed by atoms with van der Waals surface area (Å²) in [6, 6.07) is 17.6. The van der Waals surface area contributed by atoms with Crippen molar-refractivity contribution in [1.82, 2.24) is 10.2 Å². The Labute approximate surface area is 129 Å². The average molecular weight is 294 g/mol. The van der Waals surface area contributed by atoms with Crippen LogP contribution in [0.4, 0.5) is 4.79 Å². The van der Waals surface area contributed by atoms with Crippen molar-refractivity contribution >= 4 is 6.03 Å². The van der Waals surface area contributed by atoms with E-state index in [1.165, 1.54) is 10.5 Å². The third-order valence-electron chi connectivity index (χ3n) is 4.81. The lowest BCUT2D eigenvalue weighted by Crippen LogP contribution is -2.45. The Morgan fingerprint density at radius 3 is 2.68 bits per heavy atom. The van der Waals surface area contributed by atoms with Gasteiger partial charge in [0.05, 0.1) is 6.54 Å². The predicted molar refractivity (Wildman–Crippen MR) is 83.0 cm³/mol. The largest absolute Gasteiger partial charge is 0.371 e. The van der Waals surface area contributed by atoms with Gasteiger partial charge in [0, 0.05) is 0 Å². The van der Waals surface area contributed by atoms with Crippen LogP contribution in [0.3, 0.4) is 0 Å². The van der Waals surface area contributed by atoms with Crippen molar-refractivity contribution in [3.8, 4) is 0 Å². The second-order valence-corrected chi connectivity index (χ2v) is 6.05. The third-order valence-corrected chi connectivity index (χ3v) is 4.81. The normalized spacial score (nSPS) is 26.3. The second-order valence-electron chi connectivity index (χ2n) is 6.05. The van der Waals surface area contributed by atoms with Gasteiger partial charge < -0.3 is 10.4 Å². The summed E-state index contributed by atoms with van der Waals surface area (Å²) in [5, 5.41) is 13.9. The highest BCUT2D eigenvalue weighted by atomic mass is 16.3. The topological polar surface area (TPSA) is 52.6 Å². The molecule has 1 fully saturated rings. The number of hydrogen-bond acceptors (Lipinski definition) is 2. The number of amides is 2. The number of hydrogen-bond donors (Lipinski definition) is 2. The summed E-state index contributed by atoms with van der Waals surface area (Å²) >= 11 is 0. The standard InChI is InChI=1S/C18H18N2O2/c21-16-18(11-10-14-8-4-5-9-15(14)18)19-17(22)20(16)12-13-6-2-1-3-7-13/h1-9,16,21H,10-12H2,(H,19,22). The zero-order valence-electron chi connectivity index (χ0n) is 12.2. The van der Waals surface area contributed by atoms with Crippen molar-refractivity contribution in [3.05, 3.63) is 71.3 Å². The molecule has 1 saturated heterocycles. The zero-order chi connectivity index (χ0) is 15.2. The van der Waals surface area contributed by atoms with E-state index in [4.69, 9.17) is 0 Å². The molecular formula is C18H18N2O2. The lowest BCUT2D eigenvalue weighted by atomic mass is 9.90. The maximum absolute atomic E-state index is 12.4. The fraction of sp³-hybridized carbons (Fsp3) is 0.278. The highest BCUT2D eigenvalue weighted by molar-refractivity contribution is 5.79. The molecule has 1 aliphatic heterocycles. The van der Waals surface area contributed by atoms with Crippen LogP contribution < -0.4 is 5.32 Å². The summed E-state index contributed by atoms with van der Waals surface area (Å²) in [6.45, 7) is 0.414. The summed E-state index contributed by atoms with van der Waals surface area (Å²) in [7, 11) is 0. The zero-order valence-corrected chi connectivity index (χ0v) is 12.2. The molecule has 4 rings (SSSR count). The molecule has 0 radical (unpaired) electrons. The molecule has 1 spiro atoms. The van der Waals surface area contributed by atoms with Gasteiger partial charge in [-0.15, -0.1) is 0 Å². The van der Waals surface area contributed by atoms with Crippen molar-refractivity contribution in [3.63, 3.8) is 0 Å². The summed E-state index contributed by atoms with van der Waals surface area (Å²) in [5.74, 6) is 0. The van der Waals surface area contributed by atoms with E-state index in [1.807, 2.05) is 48.5 Å². The Balaban J connectivity index is 1.67. The number of carbonyl (C=O) groups is 1. The molecule has 0 bridgehead atoms. The van der Waals surface area contributed by atoms with Crippen molar-refractivity contribution in [2.75, 3.05) is 0 Å². The van der Waals surface area contributed by atoms with Gasteiger partial charge >= 0.3 is 6.03 Å². The fourth-order valence-corrected chi connectivity index (χ4v) is 3.68. The molecule has 2 aromatic rings. The lowest BCUT2D eigenvalue weighted by Gasteiger charge is -2.30. The van der Waals surface area contributed by atoms with E-state index in [-0.39, 0.29) is 6.03 Å². The minimum absolute atomic E-state index is 0.201. The van der Waals surface area contributed by atoms with Crippen LogP contribution in [0.25, 0.3) is 0 Å². The Hall–Kier alpha value is -2.33. The first-order chi connectivity index (χ1) is 10.7. The molecule has 2 N–H and O–H groups in total. The molecule has 4 nitrogen and oxygen atoms in total. The van der Waals surface area contributed by atoms with Crippen LogP contribution in [0.2, 0.25) is 0 Å². The number of benzene rings is 2. The molecule has 2 amide bonds. The number of aliphatic hydroxyl groups excluding tert-OH is 1. The first-order valence-corrected chi connectivity index (χ1v) is 7.60. The van der Waals surface area contributed by atoms with Crippen LogP contribution in [-0.4, -0.2) is 22.3 Å². The molecule has 1 heterocycles. The van der Waals surface area contributed by atoms with E-state index < -0.39 is 11.8 Å². The number of carbonyl (C=O) groups excluding carboxylic acids is 1. The van der Waals surface area contributed by atoms with Crippen LogP contribution in [0.1, 0.15) is 23.1 Å². The summed E-state index contributed by atoms with van der Waals surface area (Å²) in [6.07, 6.45) is 0.779. The molecule has 0 saturated carbocycles. The monoisotopic (exact) mass is 294 g/mol. The van der Waals surface area contributed by atoms with Gasteiger partial charge in [-0.05, 0) is 29.5 Å². The van der Waals surface area contributed by atoms with Gasteiger partial charge in [-0.3, -0.25) is 4.90 Å². The van der Waals surface area contributed by atoms with Gasteiger partial charge in [-0.2, -0.15) is 0 Å². The molecule has 2 atom stereocenters. The van der Waals surface area contributed by atoms with Gasteiger partial charge in [0.1, 0.15) is 5.54 Å². The minimum atomic E-state index is -0.844. The van der Waals surface area contributed by atoms with Crippen molar-refractivity contribution in [2.24, 2.45) is 0 Å². The van der Waals surface area contributed by atoms with E-state index in [1.54, 1.807) is 0 Å². The number of aliphatic hydroxyl groups is 1. The number of aryl methyl sites for hydroxylation is 1. The van der Waals surface area contributed by atoms with E-state index in [0.717, 1.165) is 24.0 Å². The Kier molecular flexibility index (Phi) is 2.94. The van der Waals surface area contributed by atoms with Crippen LogP contribution in [0.15, 0.2) is 54.6 Å². The first-order valence-electron chi connectivity index (χ1n) is 7.60. The van der Waals surface area contributed by atoms with Crippen LogP contribution >= 0.6 is 0 Å². The molecule has 2 unspecified atom stereocenters. The minimum Gasteiger partial charge on any atom is -0.371 e. The van der Waals surface area contributed by atoms with E-state index >= 15 is 0 Å². The predicted octanol–water partition coefficient (Wildman–Crippen LogP) is 2.37. The van der Waals surface area contributed by atoms with Crippen LogP contribution in [-0.2, 0) is 18.5 Å². The second kappa shape index (κ2) is 4.85. The molecule has 1 aliphatic carbocycles. The number of fused-ring (bicyclic) bond motifs is 2. The SMILES string of the molecule is O=C1NC2(CCc3ccccc32)C(O)N1Cc1ccccc1. The molecule has 2 aromatic carbocycles. The van der Waals surface area contributed by atoms with E-state index in [9.17, 15) is 9.90 Å². The molecule has 2 aliphatic rings. The van der Waals surface area contributed by atoms with Crippen molar-refractivity contribution in [2.45, 2.75) is 31.2 Å². The quantitative estimate of drug-likeness (QED) is 0.893. The third kappa shape index (κ3) is 1.84. The van der Waals surface area contributed by atoms with Crippen molar-refractivity contribution < 1.29 is 9.90 Å². The van der Waals surface area contributed by atoms with Crippen LogP contribution in [0, 0.1) is 0 Å². The number of rotatable bonds is 2. The Morgan fingerprint density at radius 1 is 1.14 bits per heavy atom. The molecule has 112 valence electrons. The highest BCUT2D eigenvalue weighted by Gasteiger charge is 2.54. The van der Waals surface area contributed by atoms with Crippen molar-refractivity contribution in [1.29, 1.82) is 0 Å². The first kappa shape index (κ1) is 13.3.